The van der Waals surface area contributed by atoms with Crippen molar-refractivity contribution in [3.05, 3.63) is 53.8 Å². The van der Waals surface area contributed by atoms with E-state index in [0.29, 0.717) is 18.1 Å². The van der Waals surface area contributed by atoms with Gasteiger partial charge < -0.3 is 10.1 Å². The molecule has 0 aliphatic carbocycles. The number of pyridine rings is 1. The van der Waals surface area contributed by atoms with Crippen LogP contribution in [0.4, 0.5) is 15.1 Å². The highest BCUT2D eigenvalue weighted by Gasteiger charge is 2.12. The van der Waals surface area contributed by atoms with Crippen LogP contribution in [0.25, 0.3) is 5.65 Å². The van der Waals surface area contributed by atoms with Crippen LogP contribution < -0.4 is 15.4 Å². The van der Waals surface area contributed by atoms with E-state index in [-0.39, 0.29) is 18.3 Å². The van der Waals surface area contributed by atoms with Gasteiger partial charge in [0.1, 0.15) is 5.82 Å². The lowest BCUT2D eigenvalue weighted by atomic mass is 10.2. The third kappa shape index (κ3) is 3.43. The van der Waals surface area contributed by atoms with Crippen LogP contribution in [0.1, 0.15) is 12.5 Å². The highest BCUT2D eigenvalue weighted by atomic mass is 19.1. The third-order valence-corrected chi connectivity index (χ3v) is 3.28. The van der Waals surface area contributed by atoms with Gasteiger partial charge in [0.15, 0.2) is 5.65 Å². The van der Waals surface area contributed by atoms with Crippen LogP contribution >= 0.6 is 0 Å². The van der Waals surface area contributed by atoms with Crippen molar-refractivity contribution < 1.29 is 13.9 Å². The number of aromatic nitrogens is 3. The number of fused-ring (bicyclic) bond motifs is 1. The molecule has 3 rings (SSSR count). The van der Waals surface area contributed by atoms with Crippen molar-refractivity contribution in [2.24, 2.45) is 0 Å². The van der Waals surface area contributed by atoms with Crippen molar-refractivity contribution in [1.82, 2.24) is 19.9 Å². The van der Waals surface area contributed by atoms with E-state index >= 15 is 0 Å². The quantitative estimate of drug-likeness (QED) is 0.754. The fourth-order valence-electron chi connectivity index (χ4n) is 2.18. The van der Waals surface area contributed by atoms with Gasteiger partial charge >= 0.3 is 6.03 Å². The summed E-state index contributed by atoms with van der Waals surface area (Å²) in [6, 6.07) is 10.8. The molecule has 8 heteroatoms. The molecular formula is C16H16FN5O2. The Balaban J connectivity index is 1.70. The van der Waals surface area contributed by atoms with Gasteiger partial charge in [-0.05, 0) is 36.8 Å². The molecule has 0 saturated carbocycles. The van der Waals surface area contributed by atoms with Gasteiger partial charge in [0, 0.05) is 6.54 Å². The van der Waals surface area contributed by atoms with E-state index in [1.165, 1.54) is 12.1 Å². The third-order valence-electron chi connectivity index (χ3n) is 3.28. The molecule has 0 spiro atoms. The first-order valence-corrected chi connectivity index (χ1v) is 7.43. The molecule has 1 aromatic carbocycles. The summed E-state index contributed by atoms with van der Waals surface area (Å²) < 4.78 is 20.0. The molecule has 0 aliphatic heterocycles. The smallest absolute Gasteiger partial charge is 0.321 e. The normalized spacial score (nSPS) is 10.6. The van der Waals surface area contributed by atoms with Crippen LogP contribution in [-0.2, 0) is 6.54 Å². The molecule has 2 N–H and O–H groups in total. The Morgan fingerprint density at radius 1 is 1.21 bits per heavy atom. The van der Waals surface area contributed by atoms with Crippen molar-refractivity contribution in [1.29, 1.82) is 0 Å². The van der Waals surface area contributed by atoms with Gasteiger partial charge in [0.05, 0.1) is 6.61 Å². The molecule has 2 heterocycles. The predicted molar refractivity (Wildman–Crippen MR) is 86.4 cm³/mol. The number of carbonyl (C=O) groups is 1. The molecule has 0 atom stereocenters. The minimum atomic E-state index is -0.445. The van der Waals surface area contributed by atoms with Crippen LogP contribution in [0.3, 0.4) is 0 Å². The SMILES string of the molecule is CCOc1cccc2nnc(NC(=O)NCc3ccc(F)cc3)n12. The molecule has 124 valence electrons. The summed E-state index contributed by atoms with van der Waals surface area (Å²) in [5, 5.41) is 13.3. The molecule has 0 bridgehead atoms. The lowest BCUT2D eigenvalue weighted by Gasteiger charge is -2.09. The Labute approximate surface area is 137 Å². The summed E-state index contributed by atoms with van der Waals surface area (Å²) >= 11 is 0. The number of nitrogens with one attached hydrogen (secondary N) is 2. The summed E-state index contributed by atoms with van der Waals surface area (Å²) in [5.74, 6) is 0.473. The number of benzene rings is 1. The molecule has 24 heavy (non-hydrogen) atoms. The lowest BCUT2D eigenvalue weighted by Crippen LogP contribution is -2.29. The van der Waals surface area contributed by atoms with E-state index in [0.717, 1.165) is 5.56 Å². The minimum Gasteiger partial charge on any atom is -0.479 e. The second-order valence-corrected chi connectivity index (χ2v) is 4.95. The summed E-state index contributed by atoms with van der Waals surface area (Å²) in [6.07, 6.45) is 0. The Hall–Kier alpha value is -3.16. The Morgan fingerprint density at radius 3 is 2.75 bits per heavy atom. The van der Waals surface area contributed by atoms with Gasteiger partial charge in [-0.15, -0.1) is 10.2 Å². The number of urea groups is 1. The number of ether oxygens (including phenoxy) is 1. The average Bonchev–Trinajstić information content (AvgIpc) is 2.99. The fourth-order valence-corrected chi connectivity index (χ4v) is 2.18. The number of amides is 2. The maximum Gasteiger partial charge on any atom is 0.321 e. The first kappa shape index (κ1) is 15.7. The number of hydrogen-bond donors (Lipinski definition) is 2. The van der Waals surface area contributed by atoms with Gasteiger partial charge in [-0.1, -0.05) is 18.2 Å². The summed E-state index contributed by atoms with van der Waals surface area (Å²) in [4.78, 5) is 12.0. The molecule has 2 amide bonds. The molecular weight excluding hydrogens is 313 g/mol. The predicted octanol–water partition coefficient (Wildman–Crippen LogP) is 2.59. The standard InChI is InChI=1S/C16H16FN5O2/c1-2-24-14-5-3-4-13-20-21-15(22(13)14)19-16(23)18-10-11-6-8-12(17)9-7-11/h3-9H,2,10H2,1H3,(H2,18,19,21,23). The zero-order valence-corrected chi connectivity index (χ0v) is 13.0. The van der Waals surface area contributed by atoms with Gasteiger partial charge in [0.25, 0.3) is 0 Å². The Morgan fingerprint density at radius 2 is 2.00 bits per heavy atom. The number of anilines is 1. The van der Waals surface area contributed by atoms with Crippen LogP contribution in [0.15, 0.2) is 42.5 Å². The van der Waals surface area contributed by atoms with Crippen LogP contribution in [0.5, 0.6) is 5.88 Å². The van der Waals surface area contributed by atoms with Gasteiger partial charge in [-0.25, -0.2) is 13.6 Å². The maximum absolute atomic E-state index is 12.9. The lowest BCUT2D eigenvalue weighted by molar-refractivity contribution is 0.251. The molecule has 2 aromatic heterocycles. The summed E-state index contributed by atoms with van der Waals surface area (Å²) in [5.41, 5.74) is 1.35. The number of rotatable bonds is 5. The van der Waals surface area contributed by atoms with E-state index in [1.807, 2.05) is 6.92 Å². The molecule has 7 nitrogen and oxygen atoms in total. The summed E-state index contributed by atoms with van der Waals surface area (Å²) in [7, 11) is 0. The number of nitrogens with zero attached hydrogens (tertiary/aromatic N) is 3. The molecule has 0 fully saturated rings. The molecule has 0 unspecified atom stereocenters. The Kier molecular flexibility index (Phi) is 4.55. The van der Waals surface area contributed by atoms with Crippen molar-refractivity contribution in [3.63, 3.8) is 0 Å². The Bertz CT molecular complexity index is 847. The molecule has 0 radical (unpaired) electrons. The zero-order chi connectivity index (χ0) is 16.9. The first-order valence-electron chi connectivity index (χ1n) is 7.43. The van der Waals surface area contributed by atoms with E-state index in [9.17, 15) is 9.18 Å². The van der Waals surface area contributed by atoms with E-state index in [2.05, 4.69) is 20.8 Å². The zero-order valence-electron chi connectivity index (χ0n) is 13.0. The van der Waals surface area contributed by atoms with Crippen molar-refractivity contribution in [2.45, 2.75) is 13.5 Å². The molecule has 0 aliphatic rings. The van der Waals surface area contributed by atoms with Gasteiger partial charge in [0.2, 0.25) is 11.8 Å². The largest absolute Gasteiger partial charge is 0.479 e. The summed E-state index contributed by atoms with van der Waals surface area (Å²) in [6.45, 7) is 2.61. The minimum absolute atomic E-state index is 0.255. The van der Waals surface area contributed by atoms with Crippen molar-refractivity contribution in [3.8, 4) is 5.88 Å². The number of hydrogen-bond acceptors (Lipinski definition) is 4. The van der Waals surface area contributed by atoms with Gasteiger partial charge in [-0.2, -0.15) is 0 Å². The number of halogens is 1. The molecule has 0 saturated heterocycles. The van der Waals surface area contributed by atoms with Crippen LogP contribution in [0.2, 0.25) is 0 Å². The second kappa shape index (κ2) is 6.95. The van der Waals surface area contributed by atoms with Crippen molar-refractivity contribution >= 4 is 17.6 Å². The van der Waals surface area contributed by atoms with Crippen molar-refractivity contribution in [2.75, 3.05) is 11.9 Å². The first-order chi connectivity index (χ1) is 11.7. The van der Waals surface area contributed by atoms with E-state index in [1.54, 1.807) is 34.7 Å². The maximum atomic E-state index is 12.9. The monoisotopic (exact) mass is 329 g/mol. The number of carbonyl (C=O) groups excluding carboxylic acids is 1. The average molecular weight is 329 g/mol. The van der Waals surface area contributed by atoms with E-state index < -0.39 is 6.03 Å². The molecule has 3 aromatic rings. The van der Waals surface area contributed by atoms with E-state index in [4.69, 9.17) is 4.74 Å². The highest BCUT2D eigenvalue weighted by Crippen LogP contribution is 2.18. The van der Waals surface area contributed by atoms with Crippen LogP contribution in [0, 0.1) is 5.82 Å². The fraction of sp³-hybridized carbons (Fsp3) is 0.188. The second-order valence-electron chi connectivity index (χ2n) is 4.95. The highest BCUT2D eigenvalue weighted by molar-refractivity contribution is 5.87. The topological polar surface area (TPSA) is 80.6 Å². The van der Waals surface area contributed by atoms with Crippen LogP contribution in [-0.4, -0.2) is 27.2 Å². The van der Waals surface area contributed by atoms with Gasteiger partial charge in [-0.3, -0.25) is 5.32 Å².